The summed E-state index contributed by atoms with van der Waals surface area (Å²) in [5.41, 5.74) is -0.00889. The van der Waals surface area contributed by atoms with Crippen molar-refractivity contribution in [1.82, 2.24) is 5.32 Å². The van der Waals surface area contributed by atoms with Gasteiger partial charge in [-0.15, -0.1) is 0 Å². The van der Waals surface area contributed by atoms with Gasteiger partial charge in [0, 0.05) is 6.42 Å². The van der Waals surface area contributed by atoms with Gasteiger partial charge >= 0.3 is 5.97 Å². The summed E-state index contributed by atoms with van der Waals surface area (Å²) in [6, 6.07) is 5.62. The summed E-state index contributed by atoms with van der Waals surface area (Å²) in [7, 11) is 1.59. The lowest BCUT2D eigenvalue weighted by Crippen LogP contribution is -2.43. The number of carboxylic acids is 1. The van der Waals surface area contributed by atoms with Crippen LogP contribution < -0.4 is 10.1 Å². The van der Waals surface area contributed by atoms with Crippen molar-refractivity contribution in [2.75, 3.05) is 7.11 Å². The molecule has 0 bridgehead atoms. The average molecular weight is 342 g/mol. The highest BCUT2D eigenvalue weighted by Gasteiger charge is 2.51. The number of rotatable bonds is 6. The van der Waals surface area contributed by atoms with Crippen LogP contribution in [0.15, 0.2) is 22.7 Å². The third-order valence-corrected chi connectivity index (χ3v) is 4.01. The Kier molecular flexibility index (Phi) is 4.32. The number of halogens is 1. The molecule has 1 amide bonds. The van der Waals surface area contributed by atoms with Crippen LogP contribution in [-0.4, -0.2) is 29.6 Å². The second-order valence-electron chi connectivity index (χ2n) is 4.90. The molecule has 1 saturated carbocycles. The van der Waals surface area contributed by atoms with E-state index in [1.807, 2.05) is 18.2 Å². The molecule has 0 aromatic heterocycles. The van der Waals surface area contributed by atoms with Gasteiger partial charge in [-0.2, -0.15) is 0 Å². The molecule has 108 valence electrons. The lowest BCUT2D eigenvalue weighted by molar-refractivity contribution is -0.143. The maximum absolute atomic E-state index is 11.8. The maximum Gasteiger partial charge on any atom is 0.329 e. The van der Waals surface area contributed by atoms with Crippen molar-refractivity contribution < 1.29 is 19.4 Å². The Labute approximate surface area is 125 Å². The van der Waals surface area contributed by atoms with E-state index in [9.17, 15) is 9.59 Å². The molecule has 0 heterocycles. The van der Waals surface area contributed by atoms with Crippen LogP contribution >= 0.6 is 15.9 Å². The van der Waals surface area contributed by atoms with Crippen molar-refractivity contribution in [2.24, 2.45) is 0 Å². The lowest BCUT2D eigenvalue weighted by Gasteiger charge is -2.12. The summed E-state index contributed by atoms with van der Waals surface area (Å²) in [6.45, 7) is 0. The monoisotopic (exact) mass is 341 g/mol. The molecule has 2 N–H and O–H groups in total. The van der Waals surface area contributed by atoms with Gasteiger partial charge < -0.3 is 15.2 Å². The SMILES string of the molecule is COc1ccc(CCC(=O)NC2(C(=O)O)CC2)cc1Br. The summed E-state index contributed by atoms with van der Waals surface area (Å²) < 4.78 is 5.97. The smallest absolute Gasteiger partial charge is 0.329 e. The fourth-order valence-electron chi connectivity index (χ4n) is 1.97. The van der Waals surface area contributed by atoms with Gasteiger partial charge in [0.25, 0.3) is 0 Å². The van der Waals surface area contributed by atoms with Crippen LogP contribution in [0, 0.1) is 0 Å². The molecule has 1 aliphatic rings. The number of aryl methyl sites for hydroxylation is 1. The van der Waals surface area contributed by atoms with Gasteiger partial charge in [-0.05, 0) is 52.9 Å². The number of carbonyl (C=O) groups is 2. The van der Waals surface area contributed by atoms with Crippen LogP contribution in [0.2, 0.25) is 0 Å². The summed E-state index contributed by atoms with van der Waals surface area (Å²) in [5.74, 6) is -0.434. The Bertz CT molecular complexity index is 540. The Morgan fingerprint density at radius 1 is 1.45 bits per heavy atom. The highest BCUT2D eigenvalue weighted by molar-refractivity contribution is 9.10. The molecule has 0 radical (unpaired) electrons. The summed E-state index contributed by atoms with van der Waals surface area (Å²) in [6.07, 6.45) is 1.86. The largest absolute Gasteiger partial charge is 0.496 e. The Hall–Kier alpha value is -1.56. The van der Waals surface area contributed by atoms with E-state index in [0.29, 0.717) is 19.3 Å². The number of carbonyl (C=O) groups excluding carboxylic acids is 1. The predicted molar refractivity (Wildman–Crippen MR) is 76.8 cm³/mol. The van der Waals surface area contributed by atoms with Gasteiger partial charge in [-0.1, -0.05) is 6.07 Å². The van der Waals surface area contributed by atoms with Gasteiger partial charge in [0.15, 0.2) is 0 Å². The zero-order valence-electron chi connectivity index (χ0n) is 11.1. The molecule has 0 unspecified atom stereocenters. The number of carboxylic acid groups (broad SMARTS) is 1. The quantitative estimate of drug-likeness (QED) is 0.830. The summed E-state index contributed by atoms with van der Waals surface area (Å²) in [4.78, 5) is 22.7. The topological polar surface area (TPSA) is 75.6 Å². The van der Waals surface area contributed by atoms with E-state index < -0.39 is 11.5 Å². The molecule has 0 saturated heterocycles. The molecule has 1 aliphatic carbocycles. The van der Waals surface area contributed by atoms with Gasteiger partial charge in [-0.25, -0.2) is 4.79 Å². The van der Waals surface area contributed by atoms with Crippen LogP contribution in [0.3, 0.4) is 0 Å². The fourth-order valence-corrected chi connectivity index (χ4v) is 2.56. The molecule has 0 aliphatic heterocycles. The maximum atomic E-state index is 11.8. The zero-order chi connectivity index (χ0) is 14.8. The standard InChI is InChI=1S/C14H16BrNO4/c1-20-11-4-2-9(8-10(11)15)3-5-12(17)16-14(6-7-14)13(18)19/h2,4,8H,3,5-7H2,1H3,(H,16,17)(H,18,19). The number of aliphatic carboxylic acids is 1. The first kappa shape index (κ1) is 14.8. The Balaban J connectivity index is 1.87. The minimum Gasteiger partial charge on any atom is -0.496 e. The van der Waals surface area contributed by atoms with Crippen molar-refractivity contribution in [3.63, 3.8) is 0 Å². The van der Waals surface area contributed by atoms with Crippen molar-refractivity contribution in [1.29, 1.82) is 0 Å². The zero-order valence-corrected chi connectivity index (χ0v) is 12.7. The van der Waals surface area contributed by atoms with E-state index in [-0.39, 0.29) is 12.3 Å². The molecule has 0 spiro atoms. The minimum atomic E-state index is -1.00. The van der Waals surface area contributed by atoms with E-state index in [1.54, 1.807) is 7.11 Å². The van der Waals surface area contributed by atoms with Gasteiger partial charge in [0.2, 0.25) is 5.91 Å². The van der Waals surface area contributed by atoms with Crippen LogP contribution in [0.4, 0.5) is 0 Å². The highest BCUT2D eigenvalue weighted by atomic mass is 79.9. The molecule has 1 aromatic carbocycles. The average Bonchev–Trinajstić information content (AvgIpc) is 3.17. The van der Waals surface area contributed by atoms with Crippen LogP contribution in [0.5, 0.6) is 5.75 Å². The van der Waals surface area contributed by atoms with Crippen molar-refractivity contribution in [2.45, 2.75) is 31.2 Å². The number of amides is 1. The molecule has 5 nitrogen and oxygen atoms in total. The van der Waals surface area contributed by atoms with Crippen molar-refractivity contribution in [3.8, 4) is 5.75 Å². The number of hydrogen-bond donors (Lipinski definition) is 2. The van der Waals surface area contributed by atoms with Gasteiger partial charge in [-0.3, -0.25) is 4.79 Å². The molecule has 0 atom stereocenters. The molecular weight excluding hydrogens is 326 g/mol. The summed E-state index contributed by atoms with van der Waals surface area (Å²) >= 11 is 3.39. The van der Waals surface area contributed by atoms with Crippen LogP contribution in [0.25, 0.3) is 0 Å². The van der Waals surface area contributed by atoms with Crippen molar-refractivity contribution in [3.05, 3.63) is 28.2 Å². The predicted octanol–water partition coefficient (Wildman–Crippen LogP) is 2.12. The molecule has 6 heteroatoms. The molecule has 20 heavy (non-hydrogen) atoms. The van der Waals surface area contributed by atoms with E-state index in [2.05, 4.69) is 21.2 Å². The Morgan fingerprint density at radius 3 is 2.65 bits per heavy atom. The molecule has 1 aromatic rings. The third-order valence-electron chi connectivity index (χ3n) is 3.40. The first-order valence-electron chi connectivity index (χ1n) is 6.34. The van der Waals surface area contributed by atoms with Crippen molar-refractivity contribution >= 4 is 27.8 Å². The number of ether oxygens (including phenoxy) is 1. The minimum absolute atomic E-state index is 0.225. The number of methoxy groups -OCH3 is 1. The number of nitrogens with one attached hydrogen (secondary N) is 1. The van der Waals surface area contributed by atoms with E-state index in [0.717, 1.165) is 15.8 Å². The van der Waals surface area contributed by atoms with Gasteiger partial charge in [0.1, 0.15) is 11.3 Å². The van der Waals surface area contributed by atoms with Gasteiger partial charge in [0.05, 0.1) is 11.6 Å². The highest BCUT2D eigenvalue weighted by Crippen LogP contribution is 2.35. The van der Waals surface area contributed by atoms with E-state index in [4.69, 9.17) is 9.84 Å². The van der Waals surface area contributed by atoms with Crippen LogP contribution in [-0.2, 0) is 16.0 Å². The molecular formula is C14H16BrNO4. The second-order valence-corrected chi connectivity index (χ2v) is 5.76. The first-order valence-corrected chi connectivity index (χ1v) is 7.13. The Morgan fingerprint density at radius 2 is 2.15 bits per heavy atom. The summed E-state index contributed by atoms with van der Waals surface area (Å²) in [5, 5.41) is 11.6. The van der Waals surface area contributed by atoms with E-state index in [1.165, 1.54) is 0 Å². The normalized spacial score (nSPS) is 15.5. The fraction of sp³-hybridized carbons (Fsp3) is 0.429. The molecule has 2 rings (SSSR count). The molecule has 1 fully saturated rings. The lowest BCUT2D eigenvalue weighted by atomic mass is 10.1. The number of benzene rings is 1. The number of hydrogen-bond acceptors (Lipinski definition) is 3. The third kappa shape index (κ3) is 3.30. The van der Waals surface area contributed by atoms with E-state index >= 15 is 0 Å². The first-order chi connectivity index (χ1) is 9.47. The second kappa shape index (κ2) is 5.83. The van der Waals surface area contributed by atoms with Crippen LogP contribution in [0.1, 0.15) is 24.8 Å².